The highest BCUT2D eigenvalue weighted by Crippen LogP contribution is 2.40. The number of aliphatic hydroxyl groups is 1. The monoisotopic (exact) mass is 535 g/mol. The van der Waals surface area contributed by atoms with Crippen LogP contribution in [0.15, 0.2) is 59.3 Å². The highest BCUT2D eigenvalue weighted by Gasteiger charge is 2.51. The largest absolute Gasteiger partial charge is 1.00 e. The number of fused-ring (bicyclic) bond motifs is 3. The standard InChI is InChI=1S/C26H29NO5S2.ClH/c28-20-6-1-2-7-21(20)31-15-5-12-27-13-10-19(11-14-27)22(18-27)32-25(29)26(30,23-8-3-16-33-23)24-9-4-17-34-24;/h1-4,6-9,16-17,19,22,30H,5,10-15,18H2;1H/t19?,22-,27?;/m0./s1. The lowest BCUT2D eigenvalue weighted by atomic mass is 9.83. The number of thiophene rings is 2. The van der Waals surface area contributed by atoms with Crippen molar-refractivity contribution in [2.45, 2.75) is 31.0 Å². The summed E-state index contributed by atoms with van der Waals surface area (Å²) in [6, 6.07) is 14.3. The van der Waals surface area contributed by atoms with E-state index in [1.165, 1.54) is 22.7 Å². The Bertz CT molecular complexity index is 1060. The van der Waals surface area contributed by atoms with Crippen molar-refractivity contribution in [1.29, 1.82) is 0 Å². The highest BCUT2D eigenvalue weighted by molar-refractivity contribution is 7.12. The molecule has 1 atom stereocenters. The first kappa shape index (κ1) is 26.0. The molecule has 0 saturated carbocycles. The number of aromatic hydroxyl groups is 1. The molecule has 0 unspecified atom stereocenters. The van der Waals surface area contributed by atoms with Crippen LogP contribution in [0.25, 0.3) is 0 Å². The smallest absolute Gasteiger partial charge is 0.349 e. The number of phenols is 1. The SMILES string of the molecule is O=C(O[C@H]1C[N+]2(CCCOc3ccccc3O)CCC1CC2)C(O)(c1cccs1)c1cccs1.[Cl-]. The zero-order valence-electron chi connectivity index (χ0n) is 19.3. The number of hydrogen-bond acceptors (Lipinski definition) is 7. The van der Waals surface area contributed by atoms with Crippen molar-refractivity contribution in [1.82, 2.24) is 0 Å². The van der Waals surface area contributed by atoms with Crippen LogP contribution in [-0.4, -0.2) is 59.6 Å². The predicted molar refractivity (Wildman–Crippen MR) is 132 cm³/mol. The quantitative estimate of drug-likeness (QED) is 0.246. The Kier molecular flexibility index (Phi) is 8.08. The maximum Gasteiger partial charge on any atom is 0.349 e. The van der Waals surface area contributed by atoms with Gasteiger partial charge in [0.05, 0.1) is 36.0 Å². The number of quaternary nitrogens is 1. The van der Waals surface area contributed by atoms with Crippen molar-refractivity contribution in [3.63, 3.8) is 0 Å². The molecule has 2 aromatic heterocycles. The molecule has 1 aromatic carbocycles. The van der Waals surface area contributed by atoms with E-state index in [1.54, 1.807) is 30.3 Å². The zero-order chi connectivity index (χ0) is 23.6. The number of phenolic OH excluding ortho intramolecular Hbond substituents is 1. The third-order valence-electron chi connectivity index (χ3n) is 7.25. The molecule has 3 aliphatic rings. The number of ether oxygens (including phenoxy) is 2. The minimum absolute atomic E-state index is 0. The third kappa shape index (κ3) is 5.22. The Balaban J connectivity index is 0.00000289. The molecule has 3 fully saturated rings. The van der Waals surface area contributed by atoms with Crippen LogP contribution in [0.4, 0.5) is 0 Å². The van der Waals surface area contributed by atoms with Gasteiger partial charge in [-0.05, 0) is 35.0 Å². The van der Waals surface area contributed by atoms with E-state index in [4.69, 9.17) is 9.47 Å². The van der Waals surface area contributed by atoms with Crippen molar-refractivity contribution < 1.29 is 41.4 Å². The van der Waals surface area contributed by atoms with Gasteiger partial charge in [0.15, 0.2) is 17.6 Å². The van der Waals surface area contributed by atoms with E-state index < -0.39 is 11.6 Å². The maximum atomic E-state index is 13.5. The minimum Gasteiger partial charge on any atom is -1.00 e. The number of esters is 1. The van der Waals surface area contributed by atoms with E-state index in [9.17, 15) is 15.0 Å². The molecule has 0 aliphatic carbocycles. The minimum atomic E-state index is -1.76. The van der Waals surface area contributed by atoms with Gasteiger partial charge >= 0.3 is 5.97 Å². The fraction of sp³-hybridized carbons (Fsp3) is 0.423. The molecule has 2 N–H and O–H groups in total. The number of carbonyl (C=O) groups excluding carboxylic acids is 1. The second-order valence-corrected chi connectivity index (χ2v) is 11.2. The Morgan fingerprint density at radius 2 is 1.69 bits per heavy atom. The van der Waals surface area contributed by atoms with Gasteiger partial charge in [-0.25, -0.2) is 4.79 Å². The van der Waals surface area contributed by atoms with E-state index in [0.29, 0.717) is 28.0 Å². The number of piperidine rings is 3. The molecule has 35 heavy (non-hydrogen) atoms. The molecule has 0 amide bonds. The number of halogens is 1. The lowest BCUT2D eigenvalue weighted by Crippen LogP contribution is -3.00. The summed E-state index contributed by atoms with van der Waals surface area (Å²) in [6.45, 7) is 4.40. The van der Waals surface area contributed by atoms with Gasteiger partial charge in [-0.1, -0.05) is 24.3 Å². The maximum absolute atomic E-state index is 13.5. The molecule has 3 saturated heterocycles. The summed E-state index contributed by atoms with van der Waals surface area (Å²) >= 11 is 2.73. The zero-order valence-corrected chi connectivity index (χ0v) is 21.7. The molecule has 6 nitrogen and oxygen atoms in total. The van der Waals surface area contributed by atoms with Crippen LogP contribution in [-0.2, 0) is 15.1 Å². The van der Waals surface area contributed by atoms with Crippen LogP contribution < -0.4 is 17.1 Å². The molecule has 2 bridgehead atoms. The Morgan fingerprint density at radius 3 is 2.29 bits per heavy atom. The number of rotatable bonds is 9. The Labute approximate surface area is 219 Å². The fourth-order valence-electron chi connectivity index (χ4n) is 5.34. The average Bonchev–Trinajstić information content (AvgIpc) is 3.58. The molecule has 3 aliphatic heterocycles. The first-order valence-corrected chi connectivity index (χ1v) is 13.5. The number of carbonyl (C=O) groups is 1. The summed E-state index contributed by atoms with van der Waals surface area (Å²) in [5.74, 6) is 0.437. The summed E-state index contributed by atoms with van der Waals surface area (Å²) in [5.41, 5.74) is -1.76. The summed E-state index contributed by atoms with van der Waals surface area (Å²) < 4.78 is 12.8. The van der Waals surface area contributed by atoms with Crippen molar-refractivity contribution in [2.75, 3.05) is 32.8 Å². The number of benzene rings is 1. The summed E-state index contributed by atoms with van der Waals surface area (Å²) in [7, 11) is 0. The molecule has 3 aromatic rings. The van der Waals surface area contributed by atoms with Gasteiger partial charge in [0.1, 0.15) is 6.54 Å². The first-order chi connectivity index (χ1) is 16.5. The van der Waals surface area contributed by atoms with Crippen molar-refractivity contribution >= 4 is 28.6 Å². The molecule has 9 heteroatoms. The van der Waals surface area contributed by atoms with Gasteiger partial charge in [-0.2, -0.15) is 0 Å². The van der Waals surface area contributed by atoms with Crippen LogP contribution in [0.5, 0.6) is 11.5 Å². The Morgan fingerprint density at radius 1 is 1.03 bits per heavy atom. The van der Waals surface area contributed by atoms with Gasteiger partial charge in [0, 0.05) is 25.2 Å². The topological polar surface area (TPSA) is 76.0 Å². The highest BCUT2D eigenvalue weighted by atomic mass is 35.5. The molecule has 0 radical (unpaired) electrons. The lowest BCUT2D eigenvalue weighted by molar-refractivity contribution is -0.946. The van der Waals surface area contributed by atoms with E-state index in [-0.39, 0.29) is 24.3 Å². The molecule has 188 valence electrons. The van der Waals surface area contributed by atoms with Crippen LogP contribution in [0, 0.1) is 5.92 Å². The van der Waals surface area contributed by atoms with Crippen LogP contribution in [0.3, 0.4) is 0 Å². The van der Waals surface area contributed by atoms with Gasteiger partial charge in [-0.15, -0.1) is 22.7 Å². The number of hydrogen-bond donors (Lipinski definition) is 2. The molecule has 6 rings (SSSR count). The Hall–Kier alpha value is -2.10. The van der Waals surface area contributed by atoms with Gasteiger partial charge < -0.3 is 36.6 Å². The van der Waals surface area contributed by atoms with Crippen molar-refractivity contribution in [3.8, 4) is 11.5 Å². The van der Waals surface area contributed by atoms with E-state index in [0.717, 1.165) is 49.9 Å². The second-order valence-electron chi connectivity index (χ2n) is 9.31. The van der Waals surface area contributed by atoms with E-state index >= 15 is 0 Å². The average molecular weight is 536 g/mol. The number of para-hydroxylation sites is 2. The van der Waals surface area contributed by atoms with Crippen LogP contribution in [0.1, 0.15) is 29.0 Å². The lowest BCUT2D eigenvalue weighted by Gasteiger charge is -2.52. The first-order valence-electron chi connectivity index (χ1n) is 11.8. The normalized spacial score (nSPS) is 23.5. The predicted octanol–water partition coefficient (Wildman–Crippen LogP) is 1.38. The van der Waals surface area contributed by atoms with Gasteiger partial charge in [0.2, 0.25) is 5.60 Å². The summed E-state index contributed by atoms with van der Waals surface area (Å²) in [5, 5.41) is 25.2. The van der Waals surface area contributed by atoms with Gasteiger partial charge in [-0.3, -0.25) is 0 Å². The van der Waals surface area contributed by atoms with Crippen molar-refractivity contribution in [3.05, 3.63) is 69.0 Å². The van der Waals surface area contributed by atoms with Gasteiger partial charge in [0.25, 0.3) is 0 Å². The fourth-order valence-corrected chi connectivity index (χ4v) is 7.06. The van der Waals surface area contributed by atoms with Crippen molar-refractivity contribution in [2.24, 2.45) is 5.92 Å². The van der Waals surface area contributed by atoms with Crippen LogP contribution in [0.2, 0.25) is 0 Å². The molecule has 5 heterocycles. The molecular formula is C26H30ClNO5S2. The number of nitrogens with zero attached hydrogens (tertiary/aromatic N) is 1. The summed E-state index contributed by atoms with van der Waals surface area (Å²) in [6.07, 6.45) is 2.71. The van der Waals surface area contributed by atoms with E-state index in [2.05, 4.69) is 0 Å². The summed E-state index contributed by atoms with van der Waals surface area (Å²) in [4.78, 5) is 14.6. The molecular weight excluding hydrogens is 506 g/mol. The van der Waals surface area contributed by atoms with E-state index in [1.807, 2.05) is 29.0 Å². The molecule has 0 spiro atoms. The second kappa shape index (κ2) is 10.9. The van der Waals surface area contributed by atoms with Crippen LogP contribution >= 0.6 is 22.7 Å². The third-order valence-corrected chi connectivity index (χ3v) is 9.21.